The fraction of sp³-hybridized carbons (Fsp3) is 0.458. The monoisotopic (exact) mass is 554 g/mol. The summed E-state index contributed by atoms with van der Waals surface area (Å²) in [5.74, 6) is 2.57. The number of piperidine rings is 1. The summed E-state index contributed by atoms with van der Waals surface area (Å²) in [6, 6.07) is 16.4. The number of hydrogen-bond donors (Lipinski definition) is 2. The molecular weight excluding hydrogens is 519 g/mol. The van der Waals surface area contributed by atoms with E-state index in [4.69, 9.17) is 14.2 Å². The summed E-state index contributed by atoms with van der Waals surface area (Å²) in [4.78, 5) is 6.75. The molecule has 1 aliphatic rings. The minimum Gasteiger partial charge on any atom is -0.496 e. The van der Waals surface area contributed by atoms with Gasteiger partial charge in [0.2, 0.25) is 0 Å². The maximum atomic E-state index is 5.80. The van der Waals surface area contributed by atoms with Crippen LogP contribution in [0.3, 0.4) is 0 Å². The molecule has 0 aromatic heterocycles. The number of para-hydroxylation sites is 3. The molecule has 2 N–H and O–H groups in total. The molecule has 0 amide bonds. The van der Waals surface area contributed by atoms with Crippen molar-refractivity contribution in [2.75, 3.05) is 52.4 Å². The molecule has 3 rings (SSSR count). The number of nitrogens with one attached hydrogen (secondary N) is 2. The van der Waals surface area contributed by atoms with E-state index in [0.717, 1.165) is 54.6 Å². The summed E-state index contributed by atoms with van der Waals surface area (Å²) in [6.45, 7) is 3.72. The normalized spacial score (nSPS) is 16.2. The number of halogens is 1. The Morgan fingerprint density at radius 1 is 1.06 bits per heavy atom. The largest absolute Gasteiger partial charge is 0.496 e. The minimum absolute atomic E-state index is 0. The Morgan fingerprint density at radius 3 is 2.53 bits per heavy atom. The van der Waals surface area contributed by atoms with Crippen LogP contribution in [0, 0.1) is 0 Å². The molecule has 0 aliphatic carbocycles. The molecule has 0 saturated carbocycles. The van der Waals surface area contributed by atoms with Gasteiger partial charge in [0.05, 0.1) is 33.1 Å². The van der Waals surface area contributed by atoms with Crippen molar-refractivity contribution in [2.24, 2.45) is 4.99 Å². The Labute approximate surface area is 208 Å². The van der Waals surface area contributed by atoms with Gasteiger partial charge in [0, 0.05) is 38.3 Å². The number of rotatable bonds is 9. The third kappa shape index (κ3) is 7.44. The highest BCUT2D eigenvalue weighted by Crippen LogP contribution is 2.29. The van der Waals surface area contributed by atoms with Crippen LogP contribution in [0.5, 0.6) is 11.5 Å². The van der Waals surface area contributed by atoms with Gasteiger partial charge >= 0.3 is 0 Å². The van der Waals surface area contributed by atoms with Crippen LogP contribution in [0.15, 0.2) is 53.5 Å². The van der Waals surface area contributed by atoms with Crippen molar-refractivity contribution < 1.29 is 14.2 Å². The van der Waals surface area contributed by atoms with Crippen LogP contribution in [0.25, 0.3) is 0 Å². The Bertz CT molecular complexity index is 849. The van der Waals surface area contributed by atoms with Gasteiger partial charge in [-0.1, -0.05) is 30.3 Å². The fourth-order valence-corrected chi connectivity index (χ4v) is 3.84. The first-order valence-corrected chi connectivity index (χ1v) is 10.8. The molecule has 0 spiro atoms. The average molecular weight is 554 g/mol. The van der Waals surface area contributed by atoms with E-state index in [-0.39, 0.29) is 24.0 Å². The van der Waals surface area contributed by atoms with Gasteiger partial charge < -0.3 is 29.7 Å². The van der Waals surface area contributed by atoms with Gasteiger partial charge in [0.25, 0.3) is 0 Å². The molecule has 2 aromatic rings. The minimum atomic E-state index is 0. The van der Waals surface area contributed by atoms with Gasteiger partial charge in [-0.2, -0.15) is 0 Å². The summed E-state index contributed by atoms with van der Waals surface area (Å²) in [7, 11) is 5.20. The van der Waals surface area contributed by atoms with Crippen molar-refractivity contribution in [3.63, 3.8) is 0 Å². The summed E-state index contributed by atoms with van der Waals surface area (Å²) < 4.78 is 16.7. The van der Waals surface area contributed by atoms with Crippen LogP contribution >= 0.6 is 24.0 Å². The Kier molecular flexibility index (Phi) is 11.4. The van der Waals surface area contributed by atoms with Gasteiger partial charge in [0.15, 0.2) is 5.96 Å². The maximum Gasteiger partial charge on any atom is 0.191 e. The van der Waals surface area contributed by atoms with Gasteiger partial charge in [-0.15, -0.1) is 24.0 Å². The highest BCUT2D eigenvalue weighted by atomic mass is 127. The molecule has 1 unspecified atom stereocenters. The smallest absolute Gasteiger partial charge is 0.191 e. The first-order chi connectivity index (χ1) is 15.2. The molecule has 7 nitrogen and oxygen atoms in total. The van der Waals surface area contributed by atoms with Crippen LogP contribution in [0.2, 0.25) is 0 Å². The molecule has 1 fully saturated rings. The van der Waals surface area contributed by atoms with Crippen LogP contribution in [0.1, 0.15) is 18.4 Å². The molecule has 1 heterocycles. The van der Waals surface area contributed by atoms with Crippen LogP contribution in [-0.4, -0.2) is 59.5 Å². The van der Waals surface area contributed by atoms with E-state index in [1.807, 2.05) is 36.4 Å². The van der Waals surface area contributed by atoms with Crippen molar-refractivity contribution in [1.82, 2.24) is 10.6 Å². The number of ether oxygens (including phenoxy) is 3. The lowest BCUT2D eigenvalue weighted by molar-refractivity contribution is 0.123. The lowest BCUT2D eigenvalue weighted by atomic mass is 10.0. The van der Waals surface area contributed by atoms with Crippen LogP contribution in [0.4, 0.5) is 5.69 Å². The second-order valence-electron chi connectivity index (χ2n) is 7.46. The third-order valence-corrected chi connectivity index (χ3v) is 5.40. The second-order valence-corrected chi connectivity index (χ2v) is 7.46. The zero-order valence-corrected chi connectivity index (χ0v) is 21.5. The molecule has 0 radical (unpaired) electrons. The summed E-state index contributed by atoms with van der Waals surface area (Å²) in [6.07, 6.45) is 2.23. The zero-order valence-electron chi connectivity index (χ0n) is 19.2. The number of hydrogen-bond acceptors (Lipinski definition) is 5. The number of anilines is 1. The number of benzene rings is 2. The van der Waals surface area contributed by atoms with E-state index in [1.54, 1.807) is 21.3 Å². The summed E-state index contributed by atoms with van der Waals surface area (Å²) in [5.41, 5.74) is 2.19. The third-order valence-electron chi connectivity index (χ3n) is 5.40. The Morgan fingerprint density at radius 2 is 1.78 bits per heavy atom. The lowest BCUT2D eigenvalue weighted by Gasteiger charge is -2.36. The van der Waals surface area contributed by atoms with E-state index in [2.05, 4.69) is 32.7 Å². The predicted molar refractivity (Wildman–Crippen MR) is 141 cm³/mol. The standard InChI is InChI=1S/C24H34N4O3.HI/c1-25-24(26-14-16-31-18-19-9-4-6-12-22(19)29-2)27-20-10-8-15-28(17-20)21-11-5-7-13-23(21)30-3;/h4-7,9,11-13,20H,8,10,14-18H2,1-3H3,(H2,25,26,27);1H. The van der Waals surface area contributed by atoms with Crippen molar-refractivity contribution in [3.8, 4) is 11.5 Å². The fourth-order valence-electron chi connectivity index (χ4n) is 3.84. The molecule has 176 valence electrons. The molecule has 2 aromatic carbocycles. The SMILES string of the molecule is CN=C(NCCOCc1ccccc1OC)NC1CCCN(c2ccccc2OC)C1.I. The van der Waals surface area contributed by atoms with E-state index in [9.17, 15) is 0 Å². The predicted octanol–water partition coefficient (Wildman–Crippen LogP) is 3.67. The Hall–Kier alpha value is -2.20. The topological polar surface area (TPSA) is 67.4 Å². The number of guanidine groups is 1. The average Bonchev–Trinajstić information content (AvgIpc) is 2.83. The summed E-state index contributed by atoms with van der Waals surface area (Å²) >= 11 is 0. The van der Waals surface area contributed by atoms with Gasteiger partial charge in [-0.05, 0) is 31.0 Å². The van der Waals surface area contributed by atoms with E-state index >= 15 is 0 Å². The first-order valence-electron chi connectivity index (χ1n) is 10.8. The van der Waals surface area contributed by atoms with Gasteiger partial charge in [-0.25, -0.2) is 0 Å². The Balaban J connectivity index is 0.00000363. The molecule has 32 heavy (non-hydrogen) atoms. The number of aliphatic imine (C=N–C) groups is 1. The van der Waals surface area contributed by atoms with Gasteiger partial charge in [-0.3, -0.25) is 4.99 Å². The maximum absolute atomic E-state index is 5.80. The van der Waals surface area contributed by atoms with Crippen LogP contribution < -0.4 is 25.0 Å². The van der Waals surface area contributed by atoms with Crippen LogP contribution in [-0.2, 0) is 11.3 Å². The van der Waals surface area contributed by atoms with Crippen molar-refractivity contribution >= 4 is 35.6 Å². The lowest BCUT2D eigenvalue weighted by Crippen LogP contribution is -2.51. The summed E-state index contributed by atoms with van der Waals surface area (Å²) in [5, 5.41) is 6.90. The van der Waals surface area contributed by atoms with E-state index < -0.39 is 0 Å². The molecule has 1 aliphatic heterocycles. The highest BCUT2D eigenvalue weighted by molar-refractivity contribution is 14.0. The van der Waals surface area contributed by atoms with Crippen molar-refractivity contribution in [3.05, 3.63) is 54.1 Å². The first kappa shape index (κ1) is 26.1. The molecule has 1 saturated heterocycles. The molecular formula is C24H35IN4O3. The molecule has 0 bridgehead atoms. The molecule has 8 heteroatoms. The quantitative estimate of drug-likeness (QED) is 0.214. The second kappa shape index (κ2) is 14.1. The van der Waals surface area contributed by atoms with Gasteiger partial charge in [0.1, 0.15) is 11.5 Å². The zero-order chi connectivity index (χ0) is 21.9. The van der Waals surface area contributed by atoms with E-state index in [1.165, 1.54) is 0 Å². The number of nitrogens with zero attached hydrogens (tertiary/aromatic N) is 2. The van der Waals surface area contributed by atoms with Crippen molar-refractivity contribution in [2.45, 2.75) is 25.5 Å². The van der Waals surface area contributed by atoms with E-state index in [0.29, 0.717) is 25.8 Å². The number of methoxy groups -OCH3 is 2. The molecule has 1 atom stereocenters. The van der Waals surface area contributed by atoms with Crippen molar-refractivity contribution in [1.29, 1.82) is 0 Å². The highest BCUT2D eigenvalue weighted by Gasteiger charge is 2.22.